The second kappa shape index (κ2) is 3.58. The molecule has 1 aliphatic rings. The predicted octanol–water partition coefficient (Wildman–Crippen LogP) is 1.54. The van der Waals surface area contributed by atoms with E-state index in [-0.39, 0.29) is 11.9 Å². The summed E-state index contributed by atoms with van der Waals surface area (Å²) in [7, 11) is 0. The second-order valence-corrected chi connectivity index (χ2v) is 3.80. The van der Waals surface area contributed by atoms with Gasteiger partial charge in [0.1, 0.15) is 5.82 Å². The van der Waals surface area contributed by atoms with Gasteiger partial charge in [0.15, 0.2) is 0 Å². The van der Waals surface area contributed by atoms with E-state index in [2.05, 4.69) is 11.8 Å². The summed E-state index contributed by atoms with van der Waals surface area (Å²) in [6, 6.07) is 5.29. The normalized spacial score (nSPS) is 16.9. The summed E-state index contributed by atoms with van der Waals surface area (Å²) in [6.45, 7) is 3.63. The summed E-state index contributed by atoms with van der Waals surface area (Å²) in [5.74, 6) is -0.167. The van der Waals surface area contributed by atoms with Gasteiger partial charge < -0.3 is 10.6 Å². The number of anilines is 1. The summed E-state index contributed by atoms with van der Waals surface area (Å²) in [5, 5.41) is 0. The molecule has 0 amide bonds. The molecule has 1 aromatic carbocycles. The maximum absolute atomic E-state index is 13.0. The molecular weight excluding hydrogens is 179 g/mol. The molecule has 0 saturated heterocycles. The summed E-state index contributed by atoms with van der Waals surface area (Å²) in [4.78, 5) is 2.18. The Balaban J connectivity index is 2.33. The Labute approximate surface area is 83.5 Å². The Bertz CT molecular complexity index is 338. The zero-order valence-electron chi connectivity index (χ0n) is 8.33. The van der Waals surface area contributed by atoms with Crippen LogP contribution in [0.4, 0.5) is 10.1 Å². The lowest BCUT2D eigenvalue weighted by atomic mass is 10.1. The molecule has 0 aromatic heterocycles. The Morgan fingerprint density at radius 1 is 1.57 bits per heavy atom. The number of nitrogens with zero attached hydrogens (tertiary/aromatic N) is 1. The largest absolute Gasteiger partial charge is 0.367 e. The van der Waals surface area contributed by atoms with Crippen molar-refractivity contribution in [1.82, 2.24) is 0 Å². The first-order valence-electron chi connectivity index (χ1n) is 4.97. The van der Waals surface area contributed by atoms with Crippen molar-refractivity contribution < 1.29 is 4.39 Å². The molecular formula is C11H15FN2. The van der Waals surface area contributed by atoms with E-state index >= 15 is 0 Å². The van der Waals surface area contributed by atoms with Gasteiger partial charge in [0.2, 0.25) is 0 Å². The number of fused-ring (bicyclic) bond motifs is 1. The number of halogens is 1. The fraction of sp³-hybridized carbons (Fsp3) is 0.455. The van der Waals surface area contributed by atoms with Gasteiger partial charge in [-0.2, -0.15) is 0 Å². The van der Waals surface area contributed by atoms with Crippen LogP contribution in [0.5, 0.6) is 0 Å². The van der Waals surface area contributed by atoms with Gasteiger partial charge in [-0.25, -0.2) is 4.39 Å². The van der Waals surface area contributed by atoms with Crippen molar-refractivity contribution in [3.8, 4) is 0 Å². The quantitative estimate of drug-likeness (QED) is 0.773. The molecule has 1 atom stereocenters. The average molecular weight is 194 g/mol. The molecule has 14 heavy (non-hydrogen) atoms. The van der Waals surface area contributed by atoms with Crippen molar-refractivity contribution in [2.45, 2.75) is 19.4 Å². The van der Waals surface area contributed by atoms with Crippen LogP contribution in [0, 0.1) is 5.82 Å². The minimum Gasteiger partial charge on any atom is -0.367 e. The van der Waals surface area contributed by atoms with Gasteiger partial charge in [-0.3, -0.25) is 0 Å². The Morgan fingerprint density at radius 2 is 2.36 bits per heavy atom. The third kappa shape index (κ3) is 1.48. The molecule has 1 heterocycles. The van der Waals surface area contributed by atoms with E-state index in [1.807, 2.05) is 6.07 Å². The van der Waals surface area contributed by atoms with Gasteiger partial charge >= 0.3 is 0 Å². The number of nitrogens with two attached hydrogens (primary N) is 1. The van der Waals surface area contributed by atoms with Crippen molar-refractivity contribution in [3.05, 3.63) is 29.6 Å². The van der Waals surface area contributed by atoms with E-state index in [1.165, 1.54) is 11.6 Å². The number of hydrogen-bond donors (Lipinski definition) is 1. The number of rotatable bonds is 2. The van der Waals surface area contributed by atoms with Crippen LogP contribution in [-0.2, 0) is 6.42 Å². The van der Waals surface area contributed by atoms with Crippen molar-refractivity contribution >= 4 is 5.69 Å². The minimum absolute atomic E-state index is 0.167. The highest BCUT2D eigenvalue weighted by Crippen LogP contribution is 2.29. The summed E-state index contributed by atoms with van der Waals surface area (Å²) in [6.07, 6.45) is 1.000. The fourth-order valence-electron chi connectivity index (χ4n) is 1.96. The Morgan fingerprint density at radius 3 is 3.07 bits per heavy atom. The van der Waals surface area contributed by atoms with E-state index in [1.54, 1.807) is 6.07 Å². The minimum atomic E-state index is -0.167. The Kier molecular flexibility index (Phi) is 2.42. The third-order valence-corrected chi connectivity index (χ3v) is 2.85. The van der Waals surface area contributed by atoms with Gasteiger partial charge in [-0.1, -0.05) is 6.07 Å². The molecule has 0 bridgehead atoms. The first-order valence-corrected chi connectivity index (χ1v) is 4.97. The third-order valence-electron chi connectivity index (χ3n) is 2.85. The fourth-order valence-corrected chi connectivity index (χ4v) is 1.96. The lowest BCUT2D eigenvalue weighted by molar-refractivity contribution is 0.623. The van der Waals surface area contributed by atoms with Crippen molar-refractivity contribution in [2.24, 2.45) is 5.73 Å². The molecule has 0 aliphatic carbocycles. The van der Waals surface area contributed by atoms with Crippen LogP contribution < -0.4 is 10.6 Å². The van der Waals surface area contributed by atoms with Crippen molar-refractivity contribution in [3.63, 3.8) is 0 Å². The van der Waals surface area contributed by atoms with Gasteiger partial charge in [0.05, 0.1) is 0 Å². The van der Waals surface area contributed by atoms with E-state index in [9.17, 15) is 4.39 Å². The van der Waals surface area contributed by atoms with E-state index in [4.69, 9.17) is 5.73 Å². The van der Waals surface area contributed by atoms with Gasteiger partial charge in [0.25, 0.3) is 0 Å². The molecule has 0 spiro atoms. The predicted molar refractivity (Wildman–Crippen MR) is 56.0 cm³/mol. The molecule has 0 saturated carbocycles. The maximum Gasteiger partial charge on any atom is 0.125 e. The van der Waals surface area contributed by atoms with Crippen LogP contribution in [0.2, 0.25) is 0 Å². The maximum atomic E-state index is 13.0. The first-order chi connectivity index (χ1) is 6.72. The second-order valence-electron chi connectivity index (χ2n) is 3.80. The van der Waals surface area contributed by atoms with Crippen LogP contribution in [0.1, 0.15) is 12.5 Å². The van der Waals surface area contributed by atoms with Crippen LogP contribution in [0.25, 0.3) is 0 Å². The highest BCUT2D eigenvalue weighted by molar-refractivity contribution is 5.58. The van der Waals surface area contributed by atoms with Gasteiger partial charge in [0, 0.05) is 24.8 Å². The number of hydrogen-bond acceptors (Lipinski definition) is 2. The molecule has 1 unspecified atom stereocenters. The molecule has 2 N–H and O–H groups in total. The molecule has 1 aromatic rings. The summed E-state index contributed by atoms with van der Waals surface area (Å²) >= 11 is 0. The molecule has 2 rings (SSSR count). The highest BCUT2D eigenvalue weighted by Gasteiger charge is 2.22. The molecule has 76 valence electrons. The SMILES string of the molecule is CC(CN)N1CCc2ccc(F)cc21. The molecule has 3 heteroatoms. The first kappa shape index (κ1) is 9.46. The summed E-state index contributed by atoms with van der Waals surface area (Å²) in [5.41, 5.74) is 7.86. The van der Waals surface area contributed by atoms with E-state index in [0.29, 0.717) is 6.54 Å². The Hall–Kier alpha value is -1.09. The van der Waals surface area contributed by atoms with Crippen LogP contribution in [0.3, 0.4) is 0 Å². The average Bonchev–Trinajstić information content (AvgIpc) is 2.59. The topological polar surface area (TPSA) is 29.3 Å². The van der Waals surface area contributed by atoms with Gasteiger partial charge in [-0.15, -0.1) is 0 Å². The highest BCUT2D eigenvalue weighted by atomic mass is 19.1. The number of benzene rings is 1. The van der Waals surface area contributed by atoms with Crippen molar-refractivity contribution in [1.29, 1.82) is 0 Å². The van der Waals surface area contributed by atoms with Crippen LogP contribution >= 0.6 is 0 Å². The molecule has 0 radical (unpaired) electrons. The van der Waals surface area contributed by atoms with Crippen LogP contribution in [0.15, 0.2) is 18.2 Å². The van der Waals surface area contributed by atoms with E-state index in [0.717, 1.165) is 18.7 Å². The van der Waals surface area contributed by atoms with Crippen LogP contribution in [-0.4, -0.2) is 19.1 Å². The lowest BCUT2D eigenvalue weighted by Gasteiger charge is -2.26. The zero-order chi connectivity index (χ0) is 10.1. The summed E-state index contributed by atoms with van der Waals surface area (Å²) < 4.78 is 13.0. The van der Waals surface area contributed by atoms with Crippen molar-refractivity contribution in [2.75, 3.05) is 18.0 Å². The monoisotopic (exact) mass is 194 g/mol. The molecule has 1 aliphatic heterocycles. The lowest BCUT2D eigenvalue weighted by Crippen LogP contribution is -2.37. The van der Waals surface area contributed by atoms with E-state index < -0.39 is 0 Å². The van der Waals surface area contributed by atoms with Gasteiger partial charge in [-0.05, 0) is 31.0 Å². The zero-order valence-corrected chi connectivity index (χ0v) is 8.33. The molecule has 0 fully saturated rings. The smallest absolute Gasteiger partial charge is 0.125 e. The molecule has 2 nitrogen and oxygen atoms in total. The standard InChI is InChI=1S/C11H15FN2/c1-8(7-13)14-5-4-9-2-3-10(12)6-11(9)14/h2-3,6,8H,4-5,7,13H2,1H3.